The molecule has 696 valence electrons. The first-order chi connectivity index (χ1) is 94.9. The third kappa shape index (κ3) is 40.3. The molecule has 0 spiro atoms. The van der Waals surface area contributed by atoms with Crippen LogP contribution in [0.3, 0.4) is 0 Å². The van der Waals surface area contributed by atoms with Crippen molar-refractivity contribution in [1.29, 1.82) is 0 Å². The van der Waals surface area contributed by atoms with Gasteiger partial charge in [-0.25, -0.2) is 0 Å². The van der Waals surface area contributed by atoms with Crippen molar-refractivity contribution in [3.8, 4) is 34.5 Å². The van der Waals surface area contributed by atoms with E-state index in [1.807, 2.05) is 90.2 Å². The molecule has 12 rings (SSSR count). The van der Waals surface area contributed by atoms with Gasteiger partial charge in [0.05, 0.1) is 19.2 Å². The number of hydrogen-bond donors (Lipinski definition) is 12. The fourth-order valence-corrected chi connectivity index (χ4v) is 9.83. The first-order valence-electron chi connectivity index (χ1n) is 80.8. The summed E-state index contributed by atoms with van der Waals surface area (Å²) >= 11 is 0. The first kappa shape index (κ1) is 42.5. The molecule has 18 heteroatoms. The van der Waals surface area contributed by atoms with Gasteiger partial charge in [0.15, 0.2) is 0 Å². The maximum Gasteiger partial charge on any atom is 0.127 e. The molecule has 0 bridgehead atoms. The molecule has 10 unspecified atom stereocenters. The van der Waals surface area contributed by atoms with Crippen LogP contribution in [0, 0.1) is 0 Å². The van der Waals surface area contributed by atoms with Crippen LogP contribution >= 0.6 is 0 Å². The van der Waals surface area contributed by atoms with E-state index in [1.54, 1.807) is 165 Å². The van der Waals surface area contributed by atoms with Gasteiger partial charge in [-0.2, -0.15) is 0 Å². The highest BCUT2D eigenvalue weighted by Crippen LogP contribution is 2.31. The van der Waals surface area contributed by atoms with Crippen LogP contribution in [0.4, 0.5) is 0 Å². The number of nitrogens with one attached hydrogen (secondary N) is 6. The van der Waals surface area contributed by atoms with Crippen LogP contribution in [0.1, 0.15) is 246 Å². The number of hydrogen-bond acceptors (Lipinski definition) is 18. The second-order valence-corrected chi connectivity index (χ2v) is 24.8. The summed E-state index contributed by atoms with van der Waals surface area (Å²) in [5.41, 5.74) is 0. The molecule has 12 aromatic carbocycles. The Morgan fingerprint density at radius 3 is 0.775 bits per heavy atom. The third-order valence-electron chi connectivity index (χ3n) is 14.9. The summed E-state index contributed by atoms with van der Waals surface area (Å²) in [4.78, 5) is 0. The maximum atomic E-state index is 10.4. The normalized spacial score (nSPS) is 22.7. The van der Waals surface area contributed by atoms with E-state index < -0.39 is 192 Å². The zero-order valence-electron chi connectivity index (χ0n) is 153. The van der Waals surface area contributed by atoms with Gasteiger partial charge < -0.3 is 91.0 Å². The van der Waals surface area contributed by atoms with Gasteiger partial charge in [0.25, 0.3) is 0 Å². The minimum absolute atomic E-state index is 0.0171. The topological polar surface area (TPSA) is 249 Å². The third-order valence-corrected chi connectivity index (χ3v) is 14.9. The lowest BCUT2D eigenvalue weighted by atomic mass is 10.1. The van der Waals surface area contributed by atoms with Crippen molar-refractivity contribution in [3.05, 3.63) is 255 Å². The number of aliphatic hydroxyl groups is 6. The predicted octanol–water partition coefficient (Wildman–Crippen LogP) is 23.7. The smallest absolute Gasteiger partial charge is 0.127 e. The SMILES string of the molecule is [2H]C.[2H]C.[2H]C.[2H]C.[2H]C.[2H]C.[2H]C([2H])(NC(C)C)C([2H])(O)C([2H])([2H])Oc1cccc2ccccc12.[2H]C([2H])([2H])C(C)NC([2H])([2H])C(O)C([2H])([2H])Oc1cccc2ccccc12.[2H]C([2H])([2H])C(C)NC([2H])([2H])C([2H])(O)C([2H])([2H])Oc1cccc2ccccc12.[2H]C([2H])([2H])C(C)NC([2H])([2H])C([2H])(O)COc1cccc2ccccc12.[2H]C([2H])([2H])C(C)NCC([2H])(O)C([2H])([2H])Oc1cccc2ccccc12.[2H]C([2H])([2H])C(NC([2H])([2H])C(O)C([2H])([2H])Oc1cccc2ccccc12)C([2H])([2H])[2H].[2H][2H].[2H][2H].[2H][2H].[2H][2H].[2H][2H].[2H][2H].[2H][2H].[2H][2H].[2H][2H].[2H][2H].[2H][2H].[2H][2H].[2H][2H].[2H][2H].[2H][2H].[2H][2H].[2H][2H].[2H][2H]. The quantitative estimate of drug-likeness (QED) is 0.0174. The first-order valence-corrected chi connectivity index (χ1v) is 35.8. The van der Waals surface area contributed by atoms with E-state index in [0.717, 1.165) is 44.6 Å². The molecule has 12 N–H and O–H groups in total. The van der Waals surface area contributed by atoms with E-state index in [4.69, 9.17) is 148 Å². The number of aliphatic hydroxyl groups excluding tert-OH is 2. The van der Waals surface area contributed by atoms with Gasteiger partial charge in [-0.1, -0.05) is 345 Å². The van der Waals surface area contributed by atoms with Crippen LogP contribution in [0.15, 0.2) is 255 Å². The zero-order valence-corrected chi connectivity index (χ0v) is 69.4. The highest BCUT2D eigenvalue weighted by molar-refractivity contribution is 5.92. The number of fused-ring (bicyclic) bond motifs is 6. The molecule has 0 heterocycles. The van der Waals surface area contributed by atoms with Gasteiger partial charge in [0.1, 0.15) is 110 Å². The van der Waals surface area contributed by atoms with Crippen LogP contribution in [-0.4, -0.2) is 182 Å². The summed E-state index contributed by atoms with van der Waals surface area (Å²) in [5, 5.41) is 82.9. The molecule has 0 saturated heterocycles. The Morgan fingerprint density at radius 1 is 0.275 bits per heavy atom. The molecule has 120 heavy (non-hydrogen) atoms. The van der Waals surface area contributed by atoms with Crippen molar-refractivity contribution in [2.75, 3.05) is 78.4 Å². The van der Waals surface area contributed by atoms with Gasteiger partial charge in [0.2, 0.25) is 0 Å². The summed E-state index contributed by atoms with van der Waals surface area (Å²) in [5.74, 6) is 0.923. The fourth-order valence-electron chi connectivity index (χ4n) is 9.83. The zero-order chi connectivity index (χ0) is 167. The molecule has 0 aliphatic carbocycles. The Labute approximate surface area is 843 Å². The Bertz CT molecular complexity index is 6640. The number of rotatable bonds is 36. The molecular weight excluding hydrogens is 1500 g/mol. The van der Waals surface area contributed by atoms with Crippen molar-refractivity contribution in [2.45, 2.75) is 200 Å². The van der Waals surface area contributed by atoms with E-state index in [1.165, 1.54) is 89.5 Å². The Morgan fingerprint density at radius 2 is 0.492 bits per heavy atom. The van der Waals surface area contributed by atoms with Crippen LogP contribution in [0.2, 0.25) is 0 Å². The van der Waals surface area contributed by atoms with Crippen molar-refractivity contribution in [1.82, 2.24) is 31.9 Å². The van der Waals surface area contributed by atoms with E-state index in [0.29, 0.717) is 32.7 Å². The largest absolute Gasteiger partial charge is 0.490 e. The highest BCUT2D eigenvalue weighted by Gasteiger charge is 2.15. The summed E-state index contributed by atoms with van der Waals surface area (Å²) in [6.07, 6.45) is -16.9. The molecule has 0 amide bonds. The molecule has 0 aliphatic rings. The Balaban J connectivity index is -0.000000120. The fraction of sp³-hybridized carbons (Fsp3) is 0.412. The van der Waals surface area contributed by atoms with Crippen LogP contribution < -0.4 is 60.3 Å². The summed E-state index contributed by atoms with van der Waals surface area (Å²) < 4.78 is 568. The molecule has 0 aliphatic heterocycles. The lowest BCUT2D eigenvalue weighted by Crippen LogP contribution is -2.35. The average Bonchev–Trinajstić information content (AvgIpc) is 0.749. The van der Waals surface area contributed by atoms with Crippen molar-refractivity contribution < 1.29 is 178 Å². The molecule has 12 aromatic rings. The summed E-state index contributed by atoms with van der Waals surface area (Å²) in [7, 11) is 7.50. The van der Waals surface area contributed by atoms with E-state index in [9.17, 15) is 30.6 Å². The average molecular weight is 1770 g/mol. The van der Waals surface area contributed by atoms with Crippen molar-refractivity contribution in [3.63, 3.8) is 0 Å². The van der Waals surface area contributed by atoms with Gasteiger partial charge in [-0.3, -0.25) is 0 Å². The minimum atomic E-state index is -3.46. The number of ether oxygens (including phenoxy) is 6. The van der Waals surface area contributed by atoms with Gasteiger partial charge in [0, 0.05) is 208 Å². The maximum absolute atomic E-state index is 10.4. The standard InChI is InChI=1S/6C16H21NO2.6CH4.18H2/c6*1-12(2)17-10-14(18)11-19-16-9-5-7-13-6-3-4-8-15(13)16;;;;;;;;;;;;;;;;;;;;;;;;/h6*3-9,12,14,17-18H,10-11H2,1-2H3;6*1H4;18*1H/i1D3,10D2,11D2,14D;1D3,2D3,10D2,11D2;10D2,11D2,14D;1D3,11D2,14D;1D3,10D2,14D;1D3,10D2,11D2;6*1D;18*1+1D. The Hall–Kier alpha value is -9.48. The number of benzene rings is 12. The highest BCUT2D eigenvalue weighted by atomic mass is 16.5. The molecule has 0 fully saturated rings. The predicted molar refractivity (Wildman–Crippen MR) is 550 cm³/mol. The molecular formula is C102H186N6O12. The van der Waals surface area contributed by atoms with E-state index in [-0.39, 0.29) is 28.7 Å². The van der Waals surface area contributed by atoms with Gasteiger partial charge in [-0.15, -0.1) is 0 Å². The van der Waals surface area contributed by atoms with E-state index in [2.05, 4.69) is 21.3 Å². The second-order valence-electron chi connectivity index (χ2n) is 24.8. The minimum Gasteiger partial charge on any atom is -0.490 e. The molecule has 0 saturated carbocycles. The lowest BCUT2D eigenvalue weighted by Gasteiger charge is -2.15. The van der Waals surface area contributed by atoms with Crippen LogP contribution in [0.5, 0.6) is 34.5 Å². The van der Waals surface area contributed by atoms with Crippen molar-refractivity contribution >= 4 is 64.6 Å². The summed E-state index contributed by atoms with van der Waals surface area (Å²) in [6.45, 7) is -38.3. The van der Waals surface area contributed by atoms with E-state index >= 15 is 0 Å². The Kier molecular flexibility index (Phi) is 21.3. The lowest BCUT2D eigenvalue weighted by molar-refractivity contribution is 0.105. The second kappa shape index (κ2) is 60.1. The molecule has 10 atom stereocenters. The van der Waals surface area contributed by atoms with Gasteiger partial charge in [-0.05, 0) is 68.7 Å². The van der Waals surface area contributed by atoms with Crippen molar-refractivity contribution in [2.24, 2.45) is 0 Å². The van der Waals surface area contributed by atoms with Crippen LogP contribution in [0.25, 0.3) is 64.6 Å². The molecule has 0 aromatic heterocycles. The summed E-state index contributed by atoms with van der Waals surface area (Å²) in [6, 6.07) is 64.8. The monoisotopic (exact) mass is 1770 g/mol. The molecule has 0 radical (unpaired) electrons. The molecule has 18 nitrogen and oxygen atoms in total. The van der Waals surface area contributed by atoms with Crippen LogP contribution in [-0.2, 0) is 0 Å². The van der Waals surface area contributed by atoms with Gasteiger partial charge >= 0.3 is 0 Å².